The third kappa shape index (κ3) is 3.54. The molecule has 6 heteroatoms. The molecule has 0 saturated heterocycles. The molecule has 0 aliphatic rings. The number of hydrogen-bond donors (Lipinski definition) is 0. The third-order valence-corrected chi connectivity index (χ3v) is 4.28. The van der Waals surface area contributed by atoms with Gasteiger partial charge in [-0.15, -0.1) is 0 Å². The molecule has 0 unspecified atom stereocenters. The van der Waals surface area contributed by atoms with Crippen molar-refractivity contribution in [2.75, 3.05) is 0 Å². The van der Waals surface area contributed by atoms with Crippen molar-refractivity contribution in [2.45, 2.75) is 0 Å². The fourth-order valence-corrected chi connectivity index (χ4v) is 2.89. The zero-order chi connectivity index (χ0) is 17.1. The molecule has 24 heavy (non-hydrogen) atoms. The second kappa shape index (κ2) is 7.22. The van der Waals surface area contributed by atoms with E-state index in [1.165, 1.54) is 6.07 Å². The zero-order valence-electron chi connectivity index (χ0n) is 12.3. The molecule has 0 saturated carbocycles. The summed E-state index contributed by atoms with van der Waals surface area (Å²) in [6.45, 7) is 0. The fraction of sp³-hybridized carbons (Fsp3) is 0. The minimum atomic E-state index is -0.255. The summed E-state index contributed by atoms with van der Waals surface area (Å²) in [5.41, 5.74) is 1.46. The van der Waals surface area contributed by atoms with Crippen LogP contribution in [-0.2, 0) is 0 Å². The van der Waals surface area contributed by atoms with Crippen molar-refractivity contribution in [1.82, 2.24) is 9.55 Å². The van der Waals surface area contributed by atoms with E-state index >= 15 is 0 Å². The summed E-state index contributed by atoms with van der Waals surface area (Å²) < 4.78 is 1.62. The van der Waals surface area contributed by atoms with Crippen LogP contribution < -0.4 is 0 Å². The standard InChI is InChI=1S/C18H11Cl3N2O/c19-13-5-6-14(16(21)10-13)18(24)17(23-8-7-22-11-23)9-12-3-1-2-4-15(12)20/h1-11H/b17-9-. The highest BCUT2D eigenvalue weighted by Crippen LogP contribution is 2.27. The van der Waals surface area contributed by atoms with Gasteiger partial charge in [0.05, 0.1) is 17.0 Å². The van der Waals surface area contributed by atoms with E-state index in [2.05, 4.69) is 4.98 Å². The molecular weight excluding hydrogens is 367 g/mol. The van der Waals surface area contributed by atoms with Crippen molar-refractivity contribution >= 4 is 52.4 Å². The monoisotopic (exact) mass is 376 g/mol. The van der Waals surface area contributed by atoms with Gasteiger partial charge in [0.1, 0.15) is 0 Å². The SMILES string of the molecule is O=C(/C(=C/c1ccccc1Cl)n1ccnc1)c1ccc(Cl)cc1Cl. The number of nitrogens with zero attached hydrogens (tertiary/aromatic N) is 2. The highest BCUT2D eigenvalue weighted by atomic mass is 35.5. The average molecular weight is 378 g/mol. The first kappa shape index (κ1) is 16.8. The zero-order valence-corrected chi connectivity index (χ0v) is 14.6. The van der Waals surface area contributed by atoms with E-state index in [1.54, 1.807) is 47.6 Å². The summed E-state index contributed by atoms with van der Waals surface area (Å²) in [6.07, 6.45) is 6.53. The lowest BCUT2D eigenvalue weighted by atomic mass is 10.1. The minimum Gasteiger partial charge on any atom is -0.303 e. The van der Waals surface area contributed by atoms with Crippen molar-refractivity contribution in [1.29, 1.82) is 0 Å². The van der Waals surface area contributed by atoms with Crippen molar-refractivity contribution in [3.05, 3.63) is 87.4 Å². The fourth-order valence-electron chi connectivity index (χ4n) is 2.21. The Morgan fingerprint density at radius 1 is 1.04 bits per heavy atom. The van der Waals surface area contributed by atoms with Crippen LogP contribution in [0.2, 0.25) is 15.1 Å². The second-order valence-corrected chi connectivity index (χ2v) is 6.23. The number of ketones is 1. The van der Waals surface area contributed by atoms with E-state index in [1.807, 2.05) is 18.2 Å². The van der Waals surface area contributed by atoms with Crippen molar-refractivity contribution in [3.8, 4) is 0 Å². The number of benzene rings is 2. The van der Waals surface area contributed by atoms with Gasteiger partial charge >= 0.3 is 0 Å². The van der Waals surface area contributed by atoms with E-state index in [9.17, 15) is 4.79 Å². The Morgan fingerprint density at radius 2 is 1.83 bits per heavy atom. The molecule has 0 fully saturated rings. The van der Waals surface area contributed by atoms with Gasteiger partial charge in [-0.3, -0.25) is 4.79 Å². The summed E-state index contributed by atoms with van der Waals surface area (Å²) in [5.74, 6) is -0.255. The molecule has 3 rings (SSSR count). The molecule has 3 aromatic rings. The Morgan fingerprint density at radius 3 is 2.50 bits per heavy atom. The molecule has 1 heterocycles. The van der Waals surface area contributed by atoms with E-state index in [0.29, 0.717) is 21.3 Å². The Labute approximate surface area is 154 Å². The maximum Gasteiger partial charge on any atom is 0.211 e. The first-order valence-corrected chi connectivity index (χ1v) is 8.14. The lowest BCUT2D eigenvalue weighted by molar-refractivity contribution is 0.105. The third-order valence-electron chi connectivity index (χ3n) is 3.39. The van der Waals surface area contributed by atoms with Crippen LogP contribution in [0.1, 0.15) is 15.9 Å². The molecule has 0 amide bonds. The quantitative estimate of drug-likeness (QED) is 0.430. The van der Waals surface area contributed by atoms with E-state index in [-0.39, 0.29) is 10.8 Å². The number of hydrogen-bond acceptors (Lipinski definition) is 2. The summed E-state index contributed by atoms with van der Waals surface area (Å²) >= 11 is 18.3. The van der Waals surface area contributed by atoms with Crippen LogP contribution in [0.25, 0.3) is 11.8 Å². The number of rotatable bonds is 4. The summed E-state index contributed by atoms with van der Waals surface area (Å²) in [4.78, 5) is 17.0. The molecule has 0 aliphatic carbocycles. The highest BCUT2D eigenvalue weighted by Gasteiger charge is 2.18. The van der Waals surface area contributed by atoms with E-state index in [4.69, 9.17) is 34.8 Å². The number of carbonyl (C=O) groups excluding carboxylic acids is 1. The van der Waals surface area contributed by atoms with Gasteiger partial charge in [0, 0.05) is 28.0 Å². The topological polar surface area (TPSA) is 34.9 Å². The first-order chi connectivity index (χ1) is 11.6. The van der Waals surface area contributed by atoms with Crippen LogP contribution in [0.15, 0.2) is 61.2 Å². The van der Waals surface area contributed by atoms with Gasteiger partial charge in [-0.2, -0.15) is 0 Å². The number of allylic oxidation sites excluding steroid dienone is 1. The van der Waals surface area contributed by atoms with Gasteiger partial charge in [0.25, 0.3) is 0 Å². The smallest absolute Gasteiger partial charge is 0.211 e. The lowest BCUT2D eigenvalue weighted by Crippen LogP contribution is -2.09. The van der Waals surface area contributed by atoms with Crippen LogP contribution in [0.3, 0.4) is 0 Å². The number of halogens is 3. The molecule has 0 spiro atoms. The van der Waals surface area contributed by atoms with Gasteiger partial charge in [-0.25, -0.2) is 4.98 Å². The van der Waals surface area contributed by atoms with Crippen LogP contribution in [0, 0.1) is 0 Å². The number of imidazole rings is 1. The molecule has 3 nitrogen and oxygen atoms in total. The number of carbonyl (C=O) groups is 1. The molecule has 0 N–H and O–H groups in total. The second-order valence-electron chi connectivity index (χ2n) is 4.97. The van der Waals surface area contributed by atoms with Crippen molar-refractivity contribution < 1.29 is 4.79 Å². The van der Waals surface area contributed by atoms with Gasteiger partial charge in [0.15, 0.2) is 0 Å². The number of aromatic nitrogens is 2. The van der Waals surface area contributed by atoms with Crippen LogP contribution in [0.4, 0.5) is 0 Å². The van der Waals surface area contributed by atoms with Gasteiger partial charge in [-0.1, -0.05) is 53.0 Å². The van der Waals surface area contributed by atoms with Crippen molar-refractivity contribution in [2.24, 2.45) is 0 Å². The Balaban J connectivity index is 2.12. The maximum atomic E-state index is 13.0. The molecule has 0 radical (unpaired) electrons. The minimum absolute atomic E-state index is 0.255. The summed E-state index contributed by atoms with van der Waals surface area (Å²) in [5, 5.41) is 1.30. The highest BCUT2D eigenvalue weighted by molar-refractivity contribution is 6.40. The Bertz CT molecular complexity index is 918. The summed E-state index contributed by atoms with van der Waals surface area (Å²) in [7, 11) is 0. The Kier molecular flexibility index (Phi) is 5.05. The number of Topliss-reactive ketones (excluding diaryl/α,β-unsaturated/α-hetero) is 1. The van der Waals surface area contributed by atoms with Crippen LogP contribution >= 0.6 is 34.8 Å². The van der Waals surface area contributed by atoms with E-state index in [0.717, 1.165) is 5.56 Å². The summed E-state index contributed by atoms with van der Waals surface area (Å²) in [6, 6.07) is 12.0. The van der Waals surface area contributed by atoms with E-state index < -0.39 is 0 Å². The predicted octanol–water partition coefficient (Wildman–Crippen LogP) is 5.72. The molecular formula is C18H11Cl3N2O. The molecule has 2 aromatic carbocycles. The Hall–Kier alpha value is -2.07. The molecule has 120 valence electrons. The predicted molar refractivity (Wildman–Crippen MR) is 98.6 cm³/mol. The normalized spacial score (nSPS) is 11.5. The van der Waals surface area contributed by atoms with Crippen molar-refractivity contribution in [3.63, 3.8) is 0 Å². The maximum absolute atomic E-state index is 13.0. The first-order valence-electron chi connectivity index (χ1n) is 7.00. The van der Waals surface area contributed by atoms with Crippen LogP contribution in [-0.4, -0.2) is 15.3 Å². The molecule has 0 bridgehead atoms. The molecule has 0 atom stereocenters. The average Bonchev–Trinajstić information content (AvgIpc) is 3.08. The largest absolute Gasteiger partial charge is 0.303 e. The van der Waals surface area contributed by atoms with Gasteiger partial charge in [0.2, 0.25) is 5.78 Å². The molecule has 1 aromatic heterocycles. The van der Waals surface area contributed by atoms with Gasteiger partial charge < -0.3 is 4.57 Å². The lowest BCUT2D eigenvalue weighted by Gasteiger charge is -2.10. The van der Waals surface area contributed by atoms with Crippen LogP contribution in [0.5, 0.6) is 0 Å². The van der Waals surface area contributed by atoms with Gasteiger partial charge in [-0.05, 0) is 35.9 Å². The molecule has 0 aliphatic heterocycles.